The zero-order valence-electron chi connectivity index (χ0n) is 13.0. The Hall–Kier alpha value is -1.10. The number of amides is 1. The zero-order chi connectivity index (χ0) is 15.3. The average Bonchev–Trinajstić information content (AvgIpc) is 2.49. The number of carbonyl (C=O) groups is 2. The Morgan fingerprint density at radius 3 is 2.33 bits per heavy atom. The van der Waals surface area contributed by atoms with E-state index in [0.717, 1.165) is 51.8 Å². The number of rotatable bonds is 5. The first-order chi connectivity index (χ1) is 10.1. The lowest BCUT2D eigenvalue weighted by Crippen LogP contribution is -2.44. The molecule has 0 unspecified atom stereocenters. The highest BCUT2D eigenvalue weighted by Crippen LogP contribution is 2.40. The van der Waals surface area contributed by atoms with E-state index in [1.165, 1.54) is 0 Å². The Kier molecular flexibility index (Phi) is 5.62. The maximum absolute atomic E-state index is 12.5. The molecule has 0 aromatic heterocycles. The monoisotopic (exact) mass is 297 g/mol. The second-order valence-corrected chi connectivity index (χ2v) is 6.60. The summed E-state index contributed by atoms with van der Waals surface area (Å²) < 4.78 is 5.16. The Bertz CT molecular complexity index is 368. The molecule has 0 atom stereocenters. The van der Waals surface area contributed by atoms with Crippen LogP contribution in [0.1, 0.15) is 51.4 Å². The quantitative estimate of drug-likeness (QED) is 0.845. The molecular weight excluding hydrogens is 270 g/mol. The van der Waals surface area contributed by atoms with Gasteiger partial charge >= 0.3 is 5.97 Å². The third-order valence-corrected chi connectivity index (χ3v) is 5.12. The van der Waals surface area contributed by atoms with E-state index in [-0.39, 0.29) is 12.3 Å². The smallest absolute Gasteiger partial charge is 0.310 e. The van der Waals surface area contributed by atoms with Gasteiger partial charge in [-0.2, -0.15) is 0 Å². The molecule has 1 aliphatic carbocycles. The maximum atomic E-state index is 12.5. The molecule has 0 aromatic carbocycles. The minimum Gasteiger partial charge on any atom is -0.481 e. The summed E-state index contributed by atoms with van der Waals surface area (Å²) in [5.74, 6) is -0.234. The SMILES string of the molecule is COCC1CCN(C(=O)CC2(C(=O)O)CCCCC2)CC1. The molecule has 21 heavy (non-hydrogen) atoms. The number of carboxylic acid groups (broad SMARTS) is 1. The molecule has 1 amide bonds. The fourth-order valence-electron chi connectivity index (χ4n) is 3.68. The first kappa shape index (κ1) is 16.3. The first-order valence-corrected chi connectivity index (χ1v) is 8.07. The van der Waals surface area contributed by atoms with Crippen molar-refractivity contribution in [1.29, 1.82) is 0 Å². The van der Waals surface area contributed by atoms with Crippen LogP contribution in [0.3, 0.4) is 0 Å². The standard InChI is InChI=1S/C16H27NO4/c1-21-12-13-5-9-17(10-6-13)14(18)11-16(15(19)20)7-3-2-4-8-16/h13H,2-12H2,1H3,(H,19,20). The molecule has 1 saturated carbocycles. The number of methoxy groups -OCH3 is 1. The van der Waals surface area contributed by atoms with E-state index in [4.69, 9.17) is 4.74 Å². The lowest BCUT2D eigenvalue weighted by Gasteiger charge is -2.37. The third-order valence-electron chi connectivity index (χ3n) is 5.12. The van der Waals surface area contributed by atoms with Gasteiger partial charge in [0.1, 0.15) is 0 Å². The Morgan fingerprint density at radius 2 is 1.81 bits per heavy atom. The van der Waals surface area contributed by atoms with Crippen LogP contribution in [0.2, 0.25) is 0 Å². The molecular formula is C16H27NO4. The molecule has 0 spiro atoms. The van der Waals surface area contributed by atoms with Gasteiger partial charge in [0.15, 0.2) is 0 Å². The summed E-state index contributed by atoms with van der Waals surface area (Å²) >= 11 is 0. The van der Waals surface area contributed by atoms with Gasteiger partial charge in [-0.1, -0.05) is 19.3 Å². The van der Waals surface area contributed by atoms with Gasteiger partial charge in [0.25, 0.3) is 0 Å². The van der Waals surface area contributed by atoms with E-state index in [1.54, 1.807) is 7.11 Å². The molecule has 0 aromatic rings. The predicted molar refractivity (Wildman–Crippen MR) is 79.0 cm³/mol. The number of carbonyl (C=O) groups excluding carboxylic acids is 1. The summed E-state index contributed by atoms with van der Waals surface area (Å²) in [6.07, 6.45) is 6.33. The number of likely N-dealkylation sites (tertiary alicyclic amines) is 1. The van der Waals surface area contributed by atoms with Crippen LogP contribution in [0.5, 0.6) is 0 Å². The van der Waals surface area contributed by atoms with Gasteiger partial charge in [-0.15, -0.1) is 0 Å². The highest BCUT2D eigenvalue weighted by Gasteiger charge is 2.42. The van der Waals surface area contributed by atoms with Crippen molar-refractivity contribution in [2.45, 2.75) is 51.4 Å². The summed E-state index contributed by atoms with van der Waals surface area (Å²) in [6, 6.07) is 0. The Balaban J connectivity index is 1.90. The first-order valence-electron chi connectivity index (χ1n) is 8.07. The van der Waals surface area contributed by atoms with E-state index in [0.29, 0.717) is 18.8 Å². The van der Waals surface area contributed by atoms with Crippen molar-refractivity contribution in [3.63, 3.8) is 0 Å². The van der Waals surface area contributed by atoms with Crippen molar-refractivity contribution >= 4 is 11.9 Å². The van der Waals surface area contributed by atoms with Crippen molar-refractivity contribution in [3.8, 4) is 0 Å². The van der Waals surface area contributed by atoms with Crippen LogP contribution in [0, 0.1) is 11.3 Å². The average molecular weight is 297 g/mol. The minimum atomic E-state index is -0.807. The number of ether oxygens (including phenoxy) is 1. The molecule has 1 aliphatic heterocycles. The van der Waals surface area contributed by atoms with E-state index < -0.39 is 11.4 Å². The van der Waals surface area contributed by atoms with Crippen LogP contribution in [0.15, 0.2) is 0 Å². The van der Waals surface area contributed by atoms with E-state index in [9.17, 15) is 14.7 Å². The van der Waals surface area contributed by atoms with Crippen LogP contribution in [-0.4, -0.2) is 48.7 Å². The summed E-state index contributed by atoms with van der Waals surface area (Å²) in [5, 5.41) is 9.56. The molecule has 5 nitrogen and oxygen atoms in total. The molecule has 0 radical (unpaired) electrons. The van der Waals surface area contributed by atoms with Gasteiger partial charge in [-0.25, -0.2) is 0 Å². The maximum Gasteiger partial charge on any atom is 0.310 e. The topological polar surface area (TPSA) is 66.8 Å². The lowest BCUT2D eigenvalue weighted by molar-refractivity contribution is -0.156. The minimum absolute atomic E-state index is 0.0233. The van der Waals surface area contributed by atoms with Crippen LogP contribution in [0.25, 0.3) is 0 Å². The molecule has 2 rings (SSSR count). The van der Waals surface area contributed by atoms with Gasteiger partial charge in [0.2, 0.25) is 5.91 Å². The van der Waals surface area contributed by atoms with Crippen LogP contribution < -0.4 is 0 Å². The van der Waals surface area contributed by atoms with Gasteiger partial charge in [-0.3, -0.25) is 9.59 Å². The van der Waals surface area contributed by atoms with E-state index >= 15 is 0 Å². The van der Waals surface area contributed by atoms with Crippen LogP contribution in [0.4, 0.5) is 0 Å². The molecule has 120 valence electrons. The fourth-order valence-corrected chi connectivity index (χ4v) is 3.68. The Labute approximate surface area is 126 Å². The van der Waals surface area contributed by atoms with Crippen molar-refractivity contribution in [2.75, 3.05) is 26.8 Å². The summed E-state index contributed by atoms with van der Waals surface area (Å²) in [6.45, 7) is 2.23. The molecule has 1 N–H and O–H groups in total. The van der Waals surface area contributed by atoms with Gasteiger partial charge in [-0.05, 0) is 31.6 Å². The zero-order valence-corrected chi connectivity index (χ0v) is 13.0. The summed E-state index contributed by atoms with van der Waals surface area (Å²) in [4.78, 5) is 26.0. The highest BCUT2D eigenvalue weighted by molar-refractivity contribution is 5.85. The van der Waals surface area contributed by atoms with Gasteiger partial charge < -0.3 is 14.7 Å². The summed E-state index contributed by atoms with van der Waals surface area (Å²) in [7, 11) is 1.71. The van der Waals surface area contributed by atoms with E-state index in [2.05, 4.69) is 0 Å². The van der Waals surface area contributed by atoms with E-state index in [1.807, 2.05) is 4.90 Å². The number of aliphatic carboxylic acids is 1. The largest absolute Gasteiger partial charge is 0.481 e. The predicted octanol–water partition coefficient (Wildman–Crippen LogP) is 2.30. The summed E-state index contributed by atoms with van der Waals surface area (Å²) in [5.41, 5.74) is -0.807. The van der Waals surface area contributed by atoms with Crippen LogP contribution >= 0.6 is 0 Å². The number of hydrogen-bond acceptors (Lipinski definition) is 3. The molecule has 0 bridgehead atoms. The van der Waals surface area contributed by atoms with Crippen molar-refractivity contribution in [2.24, 2.45) is 11.3 Å². The lowest BCUT2D eigenvalue weighted by atomic mass is 9.71. The highest BCUT2D eigenvalue weighted by atomic mass is 16.5. The molecule has 2 fully saturated rings. The van der Waals surface area contributed by atoms with Gasteiger partial charge in [0, 0.05) is 33.2 Å². The fraction of sp³-hybridized carbons (Fsp3) is 0.875. The normalized spacial score (nSPS) is 23.0. The van der Waals surface area contributed by atoms with Crippen molar-refractivity contribution < 1.29 is 19.4 Å². The van der Waals surface area contributed by atoms with Crippen LogP contribution in [-0.2, 0) is 14.3 Å². The third kappa shape index (κ3) is 3.96. The molecule has 1 heterocycles. The molecule has 2 aliphatic rings. The second kappa shape index (κ2) is 7.25. The number of nitrogens with zero attached hydrogens (tertiary/aromatic N) is 1. The van der Waals surface area contributed by atoms with Crippen molar-refractivity contribution in [3.05, 3.63) is 0 Å². The number of carboxylic acids is 1. The second-order valence-electron chi connectivity index (χ2n) is 6.60. The molecule has 5 heteroatoms. The number of hydrogen-bond donors (Lipinski definition) is 1. The van der Waals surface area contributed by atoms with Gasteiger partial charge in [0.05, 0.1) is 5.41 Å². The van der Waals surface area contributed by atoms with Crippen molar-refractivity contribution in [1.82, 2.24) is 4.90 Å². The molecule has 1 saturated heterocycles. The Morgan fingerprint density at radius 1 is 1.19 bits per heavy atom. The number of piperidine rings is 1.